The Morgan fingerprint density at radius 2 is 2.11 bits per heavy atom. The van der Waals surface area contributed by atoms with Crippen LogP contribution in [0.25, 0.3) is 0 Å². The van der Waals surface area contributed by atoms with Gasteiger partial charge in [0.25, 0.3) is 0 Å². The molecular formula is C15H21FN2. The fourth-order valence-corrected chi connectivity index (χ4v) is 3.23. The Morgan fingerprint density at radius 3 is 2.89 bits per heavy atom. The van der Waals surface area contributed by atoms with Crippen LogP contribution < -0.4 is 10.2 Å². The van der Waals surface area contributed by atoms with Gasteiger partial charge in [0.1, 0.15) is 5.82 Å². The summed E-state index contributed by atoms with van der Waals surface area (Å²) in [5.74, 6) is -0.115. The number of halogens is 1. The monoisotopic (exact) mass is 248 g/mol. The van der Waals surface area contributed by atoms with Crippen LogP contribution in [0.3, 0.4) is 0 Å². The maximum Gasteiger partial charge on any atom is 0.125 e. The first-order valence-electron chi connectivity index (χ1n) is 6.90. The van der Waals surface area contributed by atoms with Crippen molar-refractivity contribution in [3.05, 3.63) is 29.6 Å². The molecule has 0 amide bonds. The lowest BCUT2D eigenvalue weighted by Crippen LogP contribution is -2.42. The number of nitrogens with one attached hydrogen (secondary N) is 1. The van der Waals surface area contributed by atoms with E-state index >= 15 is 0 Å². The van der Waals surface area contributed by atoms with E-state index in [4.69, 9.17) is 0 Å². The van der Waals surface area contributed by atoms with E-state index in [0.29, 0.717) is 5.41 Å². The highest BCUT2D eigenvalue weighted by Gasteiger charge is 2.31. The number of rotatable bonds is 2. The fourth-order valence-electron chi connectivity index (χ4n) is 3.23. The lowest BCUT2D eigenvalue weighted by molar-refractivity contribution is 0.235. The average molecular weight is 248 g/mol. The van der Waals surface area contributed by atoms with Crippen LogP contribution in [0.1, 0.15) is 25.3 Å². The molecule has 18 heavy (non-hydrogen) atoms. The molecule has 1 fully saturated rings. The van der Waals surface area contributed by atoms with Crippen molar-refractivity contribution < 1.29 is 4.39 Å². The van der Waals surface area contributed by atoms with Crippen LogP contribution in [0.5, 0.6) is 0 Å². The molecule has 98 valence electrons. The number of anilines is 1. The summed E-state index contributed by atoms with van der Waals surface area (Å²) in [7, 11) is 0. The van der Waals surface area contributed by atoms with Gasteiger partial charge in [0.15, 0.2) is 0 Å². The highest BCUT2D eigenvalue weighted by atomic mass is 19.1. The first kappa shape index (κ1) is 12.0. The SMILES string of the molecule is CC1(CN2CCc3ccc(F)cc32)CCNCC1. The molecule has 3 rings (SSSR count). The summed E-state index contributed by atoms with van der Waals surface area (Å²) in [4.78, 5) is 2.38. The lowest BCUT2D eigenvalue weighted by atomic mass is 9.80. The molecule has 0 bridgehead atoms. The van der Waals surface area contributed by atoms with Crippen LogP contribution >= 0.6 is 0 Å². The molecule has 2 heterocycles. The van der Waals surface area contributed by atoms with E-state index in [9.17, 15) is 4.39 Å². The van der Waals surface area contributed by atoms with Gasteiger partial charge < -0.3 is 10.2 Å². The zero-order chi connectivity index (χ0) is 12.6. The molecule has 0 atom stereocenters. The molecule has 0 spiro atoms. The maximum atomic E-state index is 13.4. The summed E-state index contributed by atoms with van der Waals surface area (Å²) in [5.41, 5.74) is 2.79. The van der Waals surface area contributed by atoms with E-state index in [1.807, 2.05) is 6.07 Å². The summed E-state index contributed by atoms with van der Waals surface area (Å²) in [5, 5.41) is 3.41. The largest absolute Gasteiger partial charge is 0.370 e. The molecule has 0 aliphatic carbocycles. The van der Waals surface area contributed by atoms with E-state index in [1.54, 1.807) is 12.1 Å². The van der Waals surface area contributed by atoms with Gasteiger partial charge in [-0.3, -0.25) is 0 Å². The molecule has 1 N–H and O–H groups in total. The van der Waals surface area contributed by atoms with Gasteiger partial charge in [0.2, 0.25) is 0 Å². The van der Waals surface area contributed by atoms with Gasteiger partial charge >= 0.3 is 0 Å². The van der Waals surface area contributed by atoms with Crippen LogP contribution in [0, 0.1) is 11.2 Å². The van der Waals surface area contributed by atoms with Gasteiger partial charge in [-0.2, -0.15) is 0 Å². The molecule has 2 aliphatic heterocycles. The van der Waals surface area contributed by atoms with Gasteiger partial charge in [-0.25, -0.2) is 4.39 Å². The molecule has 0 radical (unpaired) electrons. The molecule has 2 aliphatic rings. The highest BCUT2D eigenvalue weighted by molar-refractivity contribution is 5.58. The Morgan fingerprint density at radius 1 is 1.33 bits per heavy atom. The first-order chi connectivity index (χ1) is 8.66. The number of hydrogen-bond acceptors (Lipinski definition) is 2. The van der Waals surface area contributed by atoms with Gasteiger partial charge in [-0.05, 0) is 55.5 Å². The molecule has 1 aromatic carbocycles. The van der Waals surface area contributed by atoms with Gasteiger partial charge in [0.05, 0.1) is 0 Å². The van der Waals surface area contributed by atoms with Crippen molar-refractivity contribution in [2.75, 3.05) is 31.1 Å². The van der Waals surface area contributed by atoms with E-state index in [2.05, 4.69) is 17.1 Å². The number of fused-ring (bicyclic) bond motifs is 1. The maximum absolute atomic E-state index is 13.4. The third-order valence-electron chi connectivity index (χ3n) is 4.42. The van der Waals surface area contributed by atoms with Gasteiger partial charge in [-0.15, -0.1) is 0 Å². The minimum atomic E-state index is -0.115. The topological polar surface area (TPSA) is 15.3 Å². The summed E-state index contributed by atoms with van der Waals surface area (Å²) < 4.78 is 13.4. The Kier molecular flexibility index (Phi) is 3.02. The van der Waals surface area contributed by atoms with Crippen molar-refractivity contribution in [3.63, 3.8) is 0 Å². The molecule has 2 nitrogen and oxygen atoms in total. The zero-order valence-corrected chi connectivity index (χ0v) is 11.0. The van der Waals surface area contributed by atoms with Crippen LogP contribution in [-0.4, -0.2) is 26.2 Å². The molecular weight excluding hydrogens is 227 g/mol. The highest BCUT2D eigenvalue weighted by Crippen LogP contribution is 2.35. The van der Waals surface area contributed by atoms with E-state index in [-0.39, 0.29) is 5.82 Å². The number of benzene rings is 1. The number of hydrogen-bond donors (Lipinski definition) is 1. The van der Waals surface area contributed by atoms with Gasteiger partial charge in [0, 0.05) is 18.8 Å². The van der Waals surface area contributed by atoms with Gasteiger partial charge in [-0.1, -0.05) is 13.0 Å². The van der Waals surface area contributed by atoms with Crippen LogP contribution in [0.15, 0.2) is 18.2 Å². The van der Waals surface area contributed by atoms with Crippen LogP contribution in [-0.2, 0) is 6.42 Å². The third kappa shape index (κ3) is 2.24. The van der Waals surface area contributed by atoms with E-state index in [1.165, 1.54) is 18.4 Å². The third-order valence-corrected chi connectivity index (χ3v) is 4.42. The molecule has 1 aromatic rings. The second kappa shape index (κ2) is 4.54. The van der Waals surface area contributed by atoms with Crippen molar-refractivity contribution in [1.29, 1.82) is 0 Å². The van der Waals surface area contributed by atoms with E-state index in [0.717, 1.165) is 38.3 Å². The predicted molar refractivity (Wildman–Crippen MR) is 72.5 cm³/mol. The minimum Gasteiger partial charge on any atom is -0.370 e. The molecule has 0 unspecified atom stereocenters. The Bertz CT molecular complexity index is 438. The normalized spacial score (nSPS) is 22.0. The fraction of sp³-hybridized carbons (Fsp3) is 0.600. The Labute approximate surface area is 108 Å². The zero-order valence-electron chi connectivity index (χ0n) is 11.0. The van der Waals surface area contributed by atoms with Crippen LogP contribution in [0.4, 0.5) is 10.1 Å². The predicted octanol–water partition coefficient (Wildman–Crippen LogP) is 2.58. The summed E-state index contributed by atoms with van der Waals surface area (Å²) >= 11 is 0. The summed E-state index contributed by atoms with van der Waals surface area (Å²) in [6.07, 6.45) is 3.49. The lowest BCUT2D eigenvalue weighted by Gasteiger charge is -2.38. The standard InChI is InChI=1S/C15H21FN2/c1-15(5-7-17-8-6-15)11-18-9-4-12-2-3-13(16)10-14(12)18/h2-3,10,17H,4-9,11H2,1H3. The number of piperidine rings is 1. The smallest absolute Gasteiger partial charge is 0.125 e. The molecule has 0 saturated carbocycles. The minimum absolute atomic E-state index is 0.115. The molecule has 1 saturated heterocycles. The van der Waals surface area contributed by atoms with Crippen molar-refractivity contribution in [2.45, 2.75) is 26.2 Å². The Balaban J connectivity index is 1.77. The second-order valence-corrected chi connectivity index (χ2v) is 6.01. The van der Waals surface area contributed by atoms with Crippen molar-refractivity contribution in [2.24, 2.45) is 5.41 Å². The quantitative estimate of drug-likeness (QED) is 0.865. The van der Waals surface area contributed by atoms with E-state index < -0.39 is 0 Å². The van der Waals surface area contributed by atoms with Crippen molar-refractivity contribution >= 4 is 5.69 Å². The average Bonchev–Trinajstić information content (AvgIpc) is 2.72. The first-order valence-corrected chi connectivity index (χ1v) is 6.90. The Hall–Kier alpha value is -1.09. The summed E-state index contributed by atoms with van der Waals surface area (Å²) in [6.45, 7) is 6.69. The van der Waals surface area contributed by atoms with Crippen molar-refractivity contribution in [3.8, 4) is 0 Å². The number of nitrogens with zero attached hydrogens (tertiary/aromatic N) is 1. The molecule has 3 heteroatoms. The second-order valence-electron chi connectivity index (χ2n) is 6.01. The van der Waals surface area contributed by atoms with Crippen molar-refractivity contribution in [1.82, 2.24) is 5.32 Å². The van der Waals surface area contributed by atoms with Crippen LogP contribution in [0.2, 0.25) is 0 Å². The molecule has 0 aromatic heterocycles. The summed E-state index contributed by atoms with van der Waals surface area (Å²) in [6, 6.07) is 5.22.